The minimum absolute atomic E-state index is 0.165. The van der Waals surface area contributed by atoms with Gasteiger partial charge in [-0.05, 0) is 45.9 Å². The molecule has 1 N–H and O–H groups in total. The monoisotopic (exact) mass is 282 g/mol. The largest absolute Gasteiger partial charge is 0.311 e. The molecular formula is C16H27ClN2. The molecule has 1 aromatic carbocycles. The first kappa shape index (κ1) is 16.5. The molecule has 0 heterocycles. The van der Waals surface area contributed by atoms with Crippen molar-refractivity contribution in [2.75, 3.05) is 13.6 Å². The number of nitrogens with one attached hydrogen (secondary N) is 1. The van der Waals surface area contributed by atoms with Gasteiger partial charge in [-0.15, -0.1) is 0 Å². The zero-order valence-electron chi connectivity index (χ0n) is 12.8. The van der Waals surface area contributed by atoms with Gasteiger partial charge in [0.2, 0.25) is 0 Å². The molecule has 0 spiro atoms. The van der Waals surface area contributed by atoms with Crippen molar-refractivity contribution >= 4 is 11.6 Å². The summed E-state index contributed by atoms with van der Waals surface area (Å²) in [5.74, 6) is 0. The summed E-state index contributed by atoms with van der Waals surface area (Å²) < 4.78 is 0. The molecule has 0 aliphatic carbocycles. The Morgan fingerprint density at radius 2 is 1.89 bits per heavy atom. The van der Waals surface area contributed by atoms with Crippen molar-refractivity contribution in [2.45, 2.75) is 52.2 Å². The van der Waals surface area contributed by atoms with E-state index >= 15 is 0 Å². The number of nitrogens with zero attached hydrogens (tertiary/aromatic N) is 1. The maximum Gasteiger partial charge on any atom is 0.0451 e. The molecule has 0 bridgehead atoms. The molecule has 2 nitrogen and oxygen atoms in total. The Labute approximate surface area is 123 Å². The fraction of sp³-hybridized carbons (Fsp3) is 0.625. The normalized spacial score (nSPS) is 13.8. The quantitative estimate of drug-likeness (QED) is 0.850. The lowest BCUT2D eigenvalue weighted by atomic mass is 10.1. The summed E-state index contributed by atoms with van der Waals surface area (Å²) in [6.07, 6.45) is 1.13. The maximum atomic E-state index is 6.22. The van der Waals surface area contributed by atoms with Crippen molar-refractivity contribution < 1.29 is 0 Å². The molecule has 1 aromatic rings. The molecule has 0 aliphatic rings. The van der Waals surface area contributed by atoms with Gasteiger partial charge in [-0.25, -0.2) is 0 Å². The van der Waals surface area contributed by atoms with Crippen LogP contribution in [0.15, 0.2) is 24.3 Å². The number of rotatable bonds is 6. The Balaban J connectivity index is 2.59. The van der Waals surface area contributed by atoms with Crippen LogP contribution >= 0.6 is 11.6 Å². The van der Waals surface area contributed by atoms with E-state index in [1.807, 2.05) is 18.2 Å². The minimum Gasteiger partial charge on any atom is -0.311 e. The van der Waals surface area contributed by atoms with Gasteiger partial charge in [0, 0.05) is 29.7 Å². The van der Waals surface area contributed by atoms with Crippen LogP contribution in [0.2, 0.25) is 5.02 Å². The van der Waals surface area contributed by atoms with Gasteiger partial charge >= 0.3 is 0 Å². The molecule has 0 saturated carbocycles. The van der Waals surface area contributed by atoms with Crippen molar-refractivity contribution in [3.8, 4) is 0 Å². The topological polar surface area (TPSA) is 15.3 Å². The van der Waals surface area contributed by atoms with Crippen LogP contribution in [0.3, 0.4) is 0 Å². The van der Waals surface area contributed by atoms with Crippen LogP contribution < -0.4 is 5.32 Å². The molecule has 1 atom stereocenters. The van der Waals surface area contributed by atoms with E-state index in [9.17, 15) is 0 Å². The summed E-state index contributed by atoms with van der Waals surface area (Å²) in [6.45, 7) is 10.7. The van der Waals surface area contributed by atoms with E-state index < -0.39 is 0 Å². The summed E-state index contributed by atoms with van der Waals surface area (Å²) in [6, 6.07) is 8.60. The van der Waals surface area contributed by atoms with Crippen LogP contribution in [0.1, 0.15) is 39.7 Å². The maximum absolute atomic E-state index is 6.22. The smallest absolute Gasteiger partial charge is 0.0451 e. The summed E-state index contributed by atoms with van der Waals surface area (Å²) in [7, 11) is 2.17. The number of hydrogen-bond donors (Lipinski definition) is 1. The van der Waals surface area contributed by atoms with Gasteiger partial charge in [-0.3, -0.25) is 4.90 Å². The Hall–Kier alpha value is -0.570. The average molecular weight is 283 g/mol. The van der Waals surface area contributed by atoms with Crippen LogP contribution in [0.25, 0.3) is 0 Å². The van der Waals surface area contributed by atoms with E-state index in [2.05, 4.69) is 51.0 Å². The summed E-state index contributed by atoms with van der Waals surface area (Å²) in [4.78, 5) is 2.37. The Bertz CT molecular complexity index is 385. The van der Waals surface area contributed by atoms with Crippen molar-refractivity contribution in [2.24, 2.45) is 0 Å². The fourth-order valence-electron chi connectivity index (χ4n) is 2.06. The number of benzene rings is 1. The third-order valence-electron chi connectivity index (χ3n) is 3.34. The summed E-state index contributed by atoms with van der Waals surface area (Å²) in [5, 5.41) is 4.43. The zero-order chi connectivity index (χ0) is 14.5. The number of hydrogen-bond acceptors (Lipinski definition) is 2. The molecule has 0 fully saturated rings. The second-order valence-electron chi connectivity index (χ2n) is 6.20. The van der Waals surface area contributed by atoms with E-state index in [0.29, 0.717) is 6.04 Å². The van der Waals surface area contributed by atoms with Gasteiger partial charge in [0.25, 0.3) is 0 Å². The first-order valence-corrected chi connectivity index (χ1v) is 7.40. The van der Waals surface area contributed by atoms with Gasteiger partial charge in [-0.2, -0.15) is 0 Å². The molecule has 0 amide bonds. The van der Waals surface area contributed by atoms with E-state index in [0.717, 1.165) is 24.5 Å². The molecule has 0 saturated heterocycles. The summed E-state index contributed by atoms with van der Waals surface area (Å²) >= 11 is 6.22. The van der Waals surface area contributed by atoms with Crippen molar-refractivity contribution in [3.05, 3.63) is 34.9 Å². The highest BCUT2D eigenvalue weighted by molar-refractivity contribution is 6.31. The lowest BCUT2D eigenvalue weighted by Crippen LogP contribution is -2.46. The molecule has 1 rings (SSSR count). The van der Waals surface area contributed by atoms with E-state index in [4.69, 9.17) is 11.6 Å². The van der Waals surface area contributed by atoms with E-state index in [1.54, 1.807) is 0 Å². The van der Waals surface area contributed by atoms with Gasteiger partial charge in [-0.1, -0.05) is 36.7 Å². The van der Waals surface area contributed by atoms with Crippen molar-refractivity contribution in [1.82, 2.24) is 10.2 Å². The first-order chi connectivity index (χ1) is 8.83. The first-order valence-electron chi connectivity index (χ1n) is 7.02. The second-order valence-corrected chi connectivity index (χ2v) is 6.61. The lowest BCUT2D eigenvalue weighted by Gasteiger charge is -2.31. The third-order valence-corrected chi connectivity index (χ3v) is 3.71. The van der Waals surface area contributed by atoms with Gasteiger partial charge in [0.05, 0.1) is 0 Å². The van der Waals surface area contributed by atoms with Crippen LogP contribution in [0.5, 0.6) is 0 Å². The molecular weight excluding hydrogens is 256 g/mol. The molecule has 108 valence electrons. The predicted molar refractivity (Wildman–Crippen MR) is 84.8 cm³/mol. The van der Waals surface area contributed by atoms with Gasteiger partial charge < -0.3 is 5.32 Å². The highest BCUT2D eigenvalue weighted by atomic mass is 35.5. The average Bonchev–Trinajstić information content (AvgIpc) is 2.31. The molecule has 3 heteroatoms. The molecule has 0 aromatic heterocycles. The predicted octanol–water partition coefficient (Wildman–Crippen LogP) is 3.94. The third kappa shape index (κ3) is 5.94. The number of likely N-dealkylation sites (N-methyl/N-ethyl adjacent to an activating group) is 1. The second kappa shape index (κ2) is 7.28. The van der Waals surface area contributed by atoms with Crippen LogP contribution in [0, 0.1) is 0 Å². The minimum atomic E-state index is 0.165. The van der Waals surface area contributed by atoms with Gasteiger partial charge in [0.15, 0.2) is 0 Å². The van der Waals surface area contributed by atoms with Crippen LogP contribution in [0.4, 0.5) is 0 Å². The summed E-state index contributed by atoms with van der Waals surface area (Å²) in [5.41, 5.74) is 1.36. The zero-order valence-corrected chi connectivity index (χ0v) is 13.6. The molecule has 19 heavy (non-hydrogen) atoms. The Morgan fingerprint density at radius 3 is 2.42 bits per heavy atom. The van der Waals surface area contributed by atoms with E-state index in [1.165, 1.54) is 5.56 Å². The molecule has 1 unspecified atom stereocenters. The van der Waals surface area contributed by atoms with Crippen LogP contribution in [-0.4, -0.2) is 30.1 Å². The lowest BCUT2D eigenvalue weighted by molar-refractivity contribution is 0.208. The Morgan fingerprint density at radius 1 is 1.26 bits per heavy atom. The SMILES string of the molecule is CCC(CNC(C)(C)C)N(C)Cc1ccccc1Cl. The standard InChI is InChI=1S/C16H27ClN2/c1-6-14(11-18-16(2,3)4)19(5)12-13-9-7-8-10-15(13)17/h7-10,14,18H,6,11-12H2,1-5H3. The van der Waals surface area contributed by atoms with Crippen LogP contribution in [-0.2, 0) is 6.54 Å². The highest BCUT2D eigenvalue weighted by Crippen LogP contribution is 2.18. The highest BCUT2D eigenvalue weighted by Gasteiger charge is 2.17. The molecule has 0 radical (unpaired) electrons. The van der Waals surface area contributed by atoms with Crippen molar-refractivity contribution in [3.63, 3.8) is 0 Å². The number of halogens is 1. The Kier molecular flexibility index (Phi) is 6.31. The van der Waals surface area contributed by atoms with Gasteiger partial charge in [0.1, 0.15) is 0 Å². The van der Waals surface area contributed by atoms with Crippen molar-refractivity contribution in [1.29, 1.82) is 0 Å². The van der Waals surface area contributed by atoms with E-state index in [-0.39, 0.29) is 5.54 Å². The molecule has 0 aliphatic heterocycles. The fourth-order valence-corrected chi connectivity index (χ4v) is 2.26.